The van der Waals surface area contributed by atoms with Crippen molar-refractivity contribution >= 4 is 11.7 Å². The highest BCUT2D eigenvalue weighted by Gasteiger charge is 2.19. The number of benzene rings is 3. The minimum atomic E-state index is -0.168. The Labute approximate surface area is 207 Å². The van der Waals surface area contributed by atoms with Gasteiger partial charge in [0.2, 0.25) is 0 Å². The minimum absolute atomic E-state index is 0.168. The molecule has 0 bridgehead atoms. The standard InChI is InChI=1S/C28H33N3O4/c1-33-27-13-6-5-12-26(27)29-28(32)31(15-14-30-16-18-34-19-17-30)21-24-10-7-11-25(20-24)35-22-23-8-3-2-4-9-23/h2-13,20H,14-19,21-22H2,1H3,(H,29,32). The van der Waals surface area contributed by atoms with Crippen molar-refractivity contribution in [3.63, 3.8) is 0 Å². The molecular weight excluding hydrogens is 442 g/mol. The summed E-state index contributed by atoms with van der Waals surface area (Å²) < 4.78 is 16.9. The number of ether oxygens (including phenoxy) is 3. The quantitative estimate of drug-likeness (QED) is 0.463. The molecule has 0 saturated carbocycles. The van der Waals surface area contributed by atoms with E-state index in [0.29, 0.717) is 31.1 Å². The topological polar surface area (TPSA) is 63.3 Å². The van der Waals surface area contributed by atoms with Gasteiger partial charge in [0.05, 0.1) is 26.0 Å². The number of carbonyl (C=O) groups is 1. The molecule has 184 valence electrons. The number of urea groups is 1. The highest BCUT2D eigenvalue weighted by molar-refractivity contribution is 5.91. The lowest BCUT2D eigenvalue weighted by Crippen LogP contribution is -2.44. The number of morpholine rings is 1. The number of amides is 2. The second-order valence-corrected chi connectivity index (χ2v) is 8.43. The Hall–Kier alpha value is -3.55. The molecule has 2 amide bonds. The van der Waals surface area contributed by atoms with Gasteiger partial charge in [-0.3, -0.25) is 4.90 Å². The SMILES string of the molecule is COc1ccccc1NC(=O)N(CCN1CCOCC1)Cc1cccc(OCc2ccccc2)c1. The summed E-state index contributed by atoms with van der Waals surface area (Å²) in [6.07, 6.45) is 0. The molecule has 4 rings (SSSR count). The van der Waals surface area contributed by atoms with E-state index in [9.17, 15) is 4.79 Å². The fourth-order valence-corrected chi connectivity index (χ4v) is 3.98. The summed E-state index contributed by atoms with van der Waals surface area (Å²) >= 11 is 0. The summed E-state index contributed by atoms with van der Waals surface area (Å²) in [5.74, 6) is 1.41. The smallest absolute Gasteiger partial charge is 0.322 e. The molecule has 7 heteroatoms. The van der Waals surface area contributed by atoms with Crippen LogP contribution in [-0.4, -0.2) is 62.3 Å². The van der Waals surface area contributed by atoms with Crippen molar-refractivity contribution in [2.75, 3.05) is 51.8 Å². The largest absolute Gasteiger partial charge is 0.495 e. The summed E-state index contributed by atoms with van der Waals surface area (Å²) in [5.41, 5.74) is 2.77. The minimum Gasteiger partial charge on any atom is -0.495 e. The first-order valence-electron chi connectivity index (χ1n) is 12.0. The fraction of sp³-hybridized carbons (Fsp3) is 0.321. The average Bonchev–Trinajstić information content (AvgIpc) is 2.91. The van der Waals surface area contributed by atoms with Crippen molar-refractivity contribution in [1.82, 2.24) is 9.80 Å². The maximum absolute atomic E-state index is 13.3. The van der Waals surface area contributed by atoms with Gasteiger partial charge in [-0.2, -0.15) is 0 Å². The molecule has 1 aliphatic rings. The predicted octanol–water partition coefficient (Wildman–Crippen LogP) is 4.64. The lowest BCUT2D eigenvalue weighted by molar-refractivity contribution is 0.0349. The van der Waals surface area contributed by atoms with Gasteiger partial charge >= 0.3 is 6.03 Å². The molecule has 0 atom stereocenters. The number of hydrogen-bond acceptors (Lipinski definition) is 5. The number of anilines is 1. The third-order valence-electron chi connectivity index (χ3n) is 5.95. The normalized spacial score (nSPS) is 13.7. The number of nitrogens with zero attached hydrogens (tertiary/aromatic N) is 2. The summed E-state index contributed by atoms with van der Waals surface area (Å²) in [5, 5.41) is 3.02. The van der Waals surface area contributed by atoms with E-state index in [1.54, 1.807) is 7.11 Å². The summed E-state index contributed by atoms with van der Waals surface area (Å²) in [4.78, 5) is 17.5. The molecule has 0 spiro atoms. The van der Waals surface area contributed by atoms with Crippen LogP contribution in [0.2, 0.25) is 0 Å². The van der Waals surface area contributed by atoms with Crippen LogP contribution in [0.4, 0.5) is 10.5 Å². The van der Waals surface area contributed by atoms with Crippen LogP contribution in [0.1, 0.15) is 11.1 Å². The van der Waals surface area contributed by atoms with Crippen LogP contribution in [0, 0.1) is 0 Å². The van der Waals surface area contributed by atoms with Crippen LogP contribution in [0.5, 0.6) is 11.5 Å². The predicted molar refractivity (Wildman–Crippen MR) is 137 cm³/mol. The average molecular weight is 476 g/mol. The summed E-state index contributed by atoms with van der Waals surface area (Å²) in [6.45, 7) is 5.56. The van der Waals surface area contributed by atoms with E-state index in [0.717, 1.165) is 49.7 Å². The first-order valence-corrected chi connectivity index (χ1v) is 12.0. The van der Waals surface area contributed by atoms with E-state index in [-0.39, 0.29) is 6.03 Å². The van der Waals surface area contributed by atoms with E-state index in [1.165, 1.54) is 0 Å². The Balaban J connectivity index is 1.44. The number of carbonyl (C=O) groups excluding carboxylic acids is 1. The third-order valence-corrected chi connectivity index (χ3v) is 5.95. The van der Waals surface area contributed by atoms with Crippen LogP contribution in [-0.2, 0) is 17.9 Å². The molecule has 35 heavy (non-hydrogen) atoms. The van der Waals surface area contributed by atoms with E-state index in [4.69, 9.17) is 14.2 Å². The fourth-order valence-electron chi connectivity index (χ4n) is 3.98. The Kier molecular flexibility index (Phi) is 8.98. The van der Waals surface area contributed by atoms with E-state index in [1.807, 2.05) is 83.8 Å². The maximum Gasteiger partial charge on any atom is 0.322 e. The zero-order valence-corrected chi connectivity index (χ0v) is 20.2. The molecule has 1 heterocycles. The van der Waals surface area contributed by atoms with Crippen molar-refractivity contribution in [2.45, 2.75) is 13.2 Å². The lowest BCUT2D eigenvalue weighted by atomic mass is 10.2. The Morgan fingerprint density at radius 2 is 1.71 bits per heavy atom. The number of para-hydroxylation sites is 2. The molecule has 1 fully saturated rings. The van der Waals surface area contributed by atoms with Crippen LogP contribution in [0.15, 0.2) is 78.9 Å². The van der Waals surface area contributed by atoms with Gasteiger partial charge in [-0.1, -0.05) is 54.6 Å². The number of hydrogen-bond donors (Lipinski definition) is 1. The van der Waals surface area contributed by atoms with Gasteiger partial charge in [0.25, 0.3) is 0 Å². The van der Waals surface area contributed by atoms with Crippen molar-refractivity contribution < 1.29 is 19.0 Å². The second kappa shape index (κ2) is 12.8. The van der Waals surface area contributed by atoms with Gasteiger partial charge in [-0.05, 0) is 35.4 Å². The molecule has 1 saturated heterocycles. The van der Waals surface area contributed by atoms with Gasteiger partial charge in [-0.15, -0.1) is 0 Å². The zero-order valence-electron chi connectivity index (χ0n) is 20.2. The van der Waals surface area contributed by atoms with Crippen LogP contribution < -0.4 is 14.8 Å². The number of rotatable bonds is 10. The third kappa shape index (κ3) is 7.47. The maximum atomic E-state index is 13.3. The van der Waals surface area contributed by atoms with E-state index in [2.05, 4.69) is 10.2 Å². The molecule has 0 aliphatic carbocycles. The van der Waals surface area contributed by atoms with Gasteiger partial charge in [0.1, 0.15) is 18.1 Å². The zero-order chi connectivity index (χ0) is 24.3. The highest BCUT2D eigenvalue weighted by Crippen LogP contribution is 2.24. The van der Waals surface area contributed by atoms with E-state index >= 15 is 0 Å². The van der Waals surface area contributed by atoms with Crippen molar-refractivity contribution in [1.29, 1.82) is 0 Å². The molecule has 0 aromatic heterocycles. The Morgan fingerprint density at radius 3 is 2.51 bits per heavy atom. The molecule has 7 nitrogen and oxygen atoms in total. The molecule has 3 aromatic rings. The van der Waals surface area contributed by atoms with Crippen LogP contribution in [0.3, 0.4) is 0 Å². The first-order chi connectivity index (χ1) is 17.2. The lowest BCUT2D eigenvalue weighted by Gasteiger charge is -2.30. The first kappa shape index (κ1) is 24.6. The summed E-state index contributed by atoms with van der Waals surface area (Å²) in [6, 6.07) is 25.3. The summed E-state index contributed by atoms with van der Waals surface area (Å²) in [7, 11) is 1.60. The number of methoxy groups -OCH3 is 1. The van der Waals surface area contributed by atoms with Crippen molar-refractivity contribution in [3.05, 3.63) is 90.0 Å². The molecule has 1 N–H and O–H groups in total. The Morgan fingerprint density at radius 1 is 0.971 bits per heavy atom. The molecular formula is C28H33N3O4. The monoisotopic (exact) mass is 475 g/mol. The van der Waals surface area contributed by atoms with E-state index < -0.39 is 0 Å². The molecule has 1 aliphatic heterocycles. The molecule has 0 radical (unpaired) electrons. The van der Waals surface area contributed by atoms with Gasteiger partial charge < -0.3 is 24.4 Å². The second-order valence-electron chi connectivity index (χ2n) is 8.43. The molecule has 0 unspecified atom stereocenters. The van der Waals surface area contributed by atoms with Crippen molar-refractivity contribution in [3.8, 4) is 11.5 Å². The van der Waals surface area contributed by atoms with Gasteiger partial charge in [0, 0.05) is 32.7 Å². The van der Waals surface area contributed by atoms with Crippen LogP contribution >= 0.6 is 0 Å². The highest BCUT2D eigenvalue weighted by atomic mass is 16.5. The Bertz CT molecular complexity index is 1070. The number of nitrogens with one attached hydrogen (secondary N) is 1. The van der Waals surface area contributed by atoms with Crippen LogP contribution in [0.25, 0.3) is 0 Å². The van der Waals surface area contributed by atoms with Crippen molar-refractivity contribution in [2.24, 2.45) is 0 Å². The van der Waals surface area contributed by atoms with Gasteiger partial charge in [-0.25, -0.2) is 4.79 Å². The molecule has 3 aromatic carbocycles. The van der Waals surface area contributed by atoms with Gasteiger partial charge in [0.15, 0.2) is 0 Å².